The number of carbonyl (C=O) groups is 2. The Balaban J connectivity index is 1.73. The van der Waals surface area contributed by atoms with Crippen LogP contribution in [0.3, 0.4) is 0 Å². The van der Waals surface area contributed by atoms with Gasteiger partial charge in [0.2, 0.25) is 0 Å². The molecule has 1 N–H and O–H groups in total. The molecule has 31 heavy (non-hydrogen) atoms. The van der Waals surface area contributed by atoms with E-state index in [2.05, 4.69) is 10.3 Å². The summed E-state index contributed by atoms with van der Waals surface area (Å²) in [5, 5.41) is 4.02. The fourth-order valence-corrected chi connectivity index (χ4v) is 4.23. The molecule has 2 amide bonds. The van der Waals surface area contributed by atoms with Crippen LogP contribution in [0, 0.1) is 13.8 Å². The topological polar surface area (TPSA) is 75.2 Å². The zero-order valence-electron chi connectivity index (χ0n) is 17.8. The van der Waals surface area contributed by atoms with Crippen LogP contribution in [0.2, 0.25) is 0 Å². The lowest BCUT2D eigenvalue weighted by Crippen LogP contribution is -2.21. The Morgan fingerprint density at radius 2 is 1.68 bits per heavy atom. The second-order valence-electron chi connectivity index (χ2n) is 7.53. The first-order chi connectivity index (χ1) is 14.8. The minimum absolute atomic E-state index is 0.133. The number of benzene rings is 2. The molecule has 4 rings (SSSR count). The third-order valence-electron chi connectivity index (χ3n) is 4.93. The average molecular weight is 431 g/mol. The number of amides is 2. The molecule has 2 heterocycles. The van der Waals surface area contributed by atoms with E-state index >= 15 is 0 Å². The number of thiazole rings is 1. The summed E-state index contributed by atoms with van der Waals surface area (Å²) in [4.78, 5) is 36.7. The number of hydrogen-bond donors (Lipinski definition) is 1. The van der Waals surface area contributed by atoms with Gasteiger partial charge < -0.3 is 4.90 Å². The average Bonchev–Trinajstić information content (AvgIpc) is 3.12. The smallest absolute Gasteiger partial charge is 0.265 e. The van der Waals surface area contributed by atoms with Gasteiger partial charge in [-0.25, -0.2) is 9.97 Å². The van der Waals surface area contributed by atoms with Crippen molar-refractivity contribution in [3.05, 3.63) is 76.3 Å². The summed E-state index contributed by atoms with van der Waals surface area (Å²) in [6, 6.07) is 17.4. The van der Waals surface area contributed by atoms with E-state index in [1.54, 1.807) is 27.1 Å². The molecule has 0 aliphatic carbocycles. The maximum atomic E-state index is 13.2. The molecular formula is C24H22N4O2S. The van der Waals surface area contributed by atoms with Crippen LogP contribution >= 0.6 is 11.3 Å². The van der Waals surface area contributed by atoms with Crippen molar-refractivity contribution in [1.29, 1.82) is 0 Å². The predicted molar refractivity (Wildman–Crippen MR) is 125 cm³/mol. The molecule has 0 spiro atoms. The minimum Gasteiger partial charge on any atom is -0.344 e. The maximum Gasteiger partial charge on any atom is 0.265 e. The molecule has 156 valence electrons. The first-order valence-corrected chi connectivity index (χ1v) is 10.6. The van der Waals surface area contributed by atoms with Crippen molar-refractivity contribution in [1.82, 2.24) is 14.9 Å². The van der Waals surface area contributed by atoms with Crippen LogP contribution in [0.1, 0.15) is 31.3 Å². The Labute approximate surface area is 184 Å². The van der Waals surface area contributed by atoms with Crippen LogP contribution < -0.4 is 5.32 Å². The van der Waals surface area contributed by atoms with Crippen molar-refractivity contribution in [2.24, 2.45) is 0 Å². The highest BCUT2D eigenvalue weighted by molar-refractivity contribution is 7.17. The lowest BCUT2D eigenvalue weighted by molar-refractivity contribution is 0.0831. The van der Waals surface area contributed by atoms with Crippen molar-refractivity contribution in [2.75, 3.05) is 19.4 Å². The van der Waals surface area contributed by atoms with Crippen molar-refractivity contribution >= 4 is 39.2 Å². The van der Waals surface area contributed by atoms with E-state index in [0.717, 1.165) is 27.7 Å². The van der Waals surface area contributed by atoms with Crippen molar-refractivity contribution in [2.45, 2.75) is 13.8 Å². The standard InChI is InChI=1S/C24H22N4O2S/c1-14-9-11-16(12-10-14)20-13-18(17-7-5-6-8-19(17)26-20)22(29)27-24-25-15(2)21(31-24)23(30)28(3)4/h5-13H,1-4H3,(H,25,27,29). The van der Waals surface area contributed by atoms with Gasteiger partial charge in [0.25, 0.3) is 11.8 Å². The van der Waals surface area contributed by atoms with Crippen LogP contribution in [0.25, 0.3) is 22.2 Å². The van der Waals surface area contributed by atoms with Gasteiger partial charge in [-0.1, -0.05) is 59.4 Å². The highest BCUT2D eigenvalue weighted by Gasteiger charge is 2.20. The number of aryl methyl sites for hydroxylation is 2. The monoisotopic (exact) mass is 430 g/mol. The molecule has 7 heteroatoms. The SMILES string of the molecule is Cc1ccc(-c2cc(C(=O)Nc3nc(C)c(C(=O)N(C)C)s3)c3ccccc3n2)cc1. The van der Waals surface area contributed by atoms with Crippen LogP contribution in [0.5, 0.6) is 0 Å². The molecule has 0 aliphatic heterocycles. The number of rotatable bonds is 4. The summed E-state index contributed by atoms with van der Waals surface area (Å²) >= 11 is 1.18. The van der Waals surface area contributed by atoms with E-state index in [4.69, 9.17) is 4.98 Å². The number of fused-ring (bicyclic) bond motifs is 1. The lowest BCUT2D eigenvalue weighted by atomic mass is 10.0. The fourth-order valence-electron chi connectivity index (χ4n) is 3.25. The normalized spacial score (nSPS) is 10.8. The van der Waals surface area contributed by atoms with Gasteiger partial charge in [0.1, 0.15) is 4.88 Å². The number of para-hydroxylation sites is 1. The number of aromatic nitrogens is 2. The molecule has 0 atom stereocenters. The van der Waals surface area contributed by atoms with Crippen LogP contribution in [-0.4, -0.2) is 40.8 Å². The van der Waals surface area contributed by atoms with E-state index in [0.29, 0.717) is 21.3 Å². The Morgan fingerprint density at radius 1 is 0.968 bits per heavy atom. The van der Waals surface area contributed by atoms with Crippen LogP contribution in [-0.2, 0) is 0 Å². The van der Waals surface area contributed by atoms with Gasteiger partial charge in [-0.2, -0.15) is 0 Å². The number of pyridine rings is 1. The quantitative estimate of drug-likeness (QED) is 0.498. The molecule has 0 unspecified atom stereocenters. The summed E-state index contributed by atoms with van der Waals surface area (Å²) in [5.41, 5.74) is 4.67. The van der Waals surface area contributed by atoms with Crippen LogP contribution in [0.15, 0.2) is 54.6 Å². The van der Waals surface area contributed by atoms with Gasteiger partial charge >= 0.3 is 0 Å². The van der Waals surface area contributed by atoms with E-state index in [1.807, 2.05) is 55.5 Å². The van der Waals surface area contributed by atoms with E-state index in [-0.39, 0.29) is 11.8 Å². The minimum atomic E-state index is -0.287. The third kappa shape index (κ3) is 4.18. The first-order valence-electron chi connectivity index (χ1n) is 9.81. The van der Waals surface area contributed by atoms with Crippen molar-refractivity contribution in [3.63, 3.8) is 0 Å². The molecular weight excluding hydrogens is 408 g/mol. The summed E-state index contributed by atoms with van der Waals surface area (Å²) in [7, 11) is 3.38. The summed E-state index contributed by atoms with van der Waals surface area (Å²) in [6.07, 6.45) is 0. The molecule has 2 aromatic heterocycles. The number of anilines is 1. The zero-order valence-corrected chi connectivity index (χ0v) is 18.6. The Bertz CT molecular complexity index is 1290. The van der Waals surface area contributed by atoms with Gasteiger partial charge in [0, 0.05) is 25.0 Å². The van der Waals surface area contributed by atoms with Crippen LogP contribution in [0.4, 0.5) is 5.13 Å². The maximum absolute atomic E-state index is 13.2. The molecule has 0 saturated carbocycles. The van der Waals surface area contributed by atoms with E-state index in [1.165, 1.54) is 16.2 Å². The molecule has 0 aliphatic rings. The second-order valence-corrected chi connectivity index (χ2v) is 8.52. The first kappa shape index (κ1) is 20.7. The predicted octanol–water partition coefficient (Wildman–Crippen LogP) is 4.93. The fraction of sp³-hybridized carbons (Fsp3) is 0.167. The lowest BCUT2D eigenvalue weighted by Gasteiger charge is -2.10. The van der Waals surface area contributed by atoms with Gasteiger partial charge in [-0.15, -0.1) is 0 Å². The third-order valence-corrected chi connectivity index (χ3v) is 5.99. The molecule has 0 fully saturated rings. The van der Waals surface area contributed by atoms with Gasteiger partial charge in [0.15, 0.2) is 5.13 Å². The number of nitrogens with one attached hydrogen (secondary N) is 1. The van der Waals surface area contributed by atoms with E-state index < -0.39 is 0 Å². The van der Waals surface area contributed by atoms with Crippen molar-refractivity contribution in [3.8, 4) is 11.3 Å². The summed E-state index contributed by atoms with van der Waals surface area (Å²) < 4.78 is 0. The number of nitrogens with zero attached hydrogens (tertiary/aromatic N) is 3. The largest absolute Gasteiger partial charge is 0.344 e. The molecule has 2 aromatic carbocycles. The Hall–Kier alpha value is -3.58. The molecule has 6 nitrogen and oxygen atoms in total. The van der Waals surface area contributed by atoms with E-state index in [9.17, 15) is 9.59 Å². The zero-order chi connectivity index (χ0) is 22.1. The molecule has 0 radical (unpaired) electrons. The van der Waals surface area contributed by atoms with Crippen molar-refractivity contribution < 1.29 is 9.59 Å². The summed E-state index contributed by atoms with van der Waals surface area (Å²) in [5.74, 6) is -0.420. The van der Waals surface area contributed by atoms with Gasteiger partial charge in [0.05, 0.1) is 22.5 Å². The molecule has 4 aromatic rings. The van der Waals surface area contributed by atoms with Gasteiger partial charge in [-0.05, 0) is 26.0 Å². The second kappa shape index (κ2) is 8.28. The highest BCUT2D eigenvalue weighted by Crippen LogP contribution is 2.28. The van der Waals surface area contributed by atoms with Gasteiger partial charge in [-0.3, -0.25) is 14.9 Å². The molecule has 0 saturated heterocycles. The molecule has 0 bridgehead atoms. The highest BCUT2D eigenvalue weighted by atomic mass is 32.1. The number of hydrogen-bond acceptors (Lipinski definition) is 5. The Morgan fingerprint density at radius 3 is 2.39 bits per heavy atom. The summed E-state index contributed by atoms with van der Waals surface area (Å²) in [6.45, 7) is 3.79. The Kier molecular flexibility index (Phi) is 5.52. The number of carbonyl (C=O) groups excluding carboxylic acids is 2.